The van der Waals surface area contributed by atoms with Gasteiger partial charge in [0.15, 0.2) is 5.76 Å². The molecule has 1 fully saturated rings. The fourth-order valence-corrected chi connectivity index (χ4v) is 4.91. The molecule has 1 N–H and O–H groups in total. The number of amides is 1. The van der Waals surface area contributed by atoms with E-state index < -0.39 is 5.41 Å². The first-order valence-electron chi connectivity index (χ1n) is 9.77. The first-order chi connectivity index (χ1) is 14.2. The van der Waals surface area contributed by atoms with E-state index in [0.29, 0.717) is 0 Å². The van der Waals surface area contributed by atoms with Crippen LogP contribution in [0.3, 0.4) is 0 Å². The van der Waals surface area contributed by atoms with Crippen LogP contribution in [0.4, 0.5) is 5.69 Å². The summed E-state index contributed by atoms with van der Waals surface area (Å²) in [7, 11) is 0. The van der Waals surface area contributed by atoms with Crippen molar-refractivity contribution in [3.8, 4) is 21.8 Å². The quantitative estimate of drug-likeness (QED) is 0.426. The number of nitrogens with one attached hydrogen (secondary N) is 1. The van der Waals surface area contributed by atoms with E-state index in [0.717, 1.165) is 41.3 Å². The molecule has 4 nitrogen and oxygen atoms in total. The molecule has 2 heterocycles. The Kier molecular flexibility index (Phi) is 3.56. The second kappa shape index (κ2) is 6.16. The average molecular weight is 398 g/mol. The topological polar surface area (TPSA) is 55.1 Å². The Bertz CT molecular complexity index is 1240. The van der Waals surface area contributed by atoms with Crippen LogP contribution in [0, 0.1) is 0 Å². The van der Waals surface area contributed by atoms with Crippen molar-refractivity contribution < 1.29 is 9.32 Å². The van der Waals surface area contributed by atoms with Gasteiger partial charge in [0.25, 0.3) is 0 Å². The van der Waals surface area contributed by atoms with Crippen LogP contribution in [0.15, 0.2) is 70.6 Å². The Morgan fingerprint density at radius 1 is 1.00 bits per heavy atom. The van der Waals surface area contributed by atoms with Gasteiger partial charge in [-0.2, -0.15) is 0 Å². The number of nitrogens with zero attached hydrogens (tertiary/aromatic N) is 1. The summed E-state index contributed by atoms with van der Waals surface area (Å²) < 4.78 is 5.51. The van der Waals surface area contributed by atoms with Crippen molar-refractivity contribution in [3.63, 3.8) is 0 Å². The third-order valence-electron chi connectivity index (χ3n) is 6.00. The lowest BCUT2D eigenvalue weighted by atomic mass is 10.0. The van der Waals surface area contributed by atoms with E-state index in [1.807, 2.05) is 29.6 Å². The largest absolute Gasteiger partial charge is 0.355 e. The van der Waals surface area contributed by atoms with E-state index in [1.54, 1.807) is 11.3 Å². The maximum absolute atomic E-state index is 13.1. The van der Waals surface area contributed by atoms with E-state index in [9.17, 15) is 4.79 Å². The second-order valence-corrected chi connectivity index (χ2v) is 8.74. The van der Waals surface area contributed by atoms with Crippen molar-refractivity contribution in [1.29, 1.82) is 0 Å². The van der Waals surface area contributed by atoms with Crippen molar-refractivity contribution in [2.24, 2.45) is 0 Å². The van der Waals surface area contributed by atoms with Crippen LogP contribution in [0.2, 0.25) is 0 Å². The van der Waals surface area contributed by atoms with Gasteiger partial charge in [0.1, 0.15) is 0 Å². The lowest BCUT2D eigenvalue weighted by molar-refractivity contribution is -0.118. The minimum absolute atomic E-state index is 0.000935. The van der Waals surface area contributed by atoms with E-state index >= 15 is 0 Å². The number of carbonyl (C=O) groups is 1. The smallest absolute Gasteiger partial charge is 0.236 e. The van der Waals surface area contributed by atoms with Gasteiger partial charge in [-0.3, -0.25) is 4.79 Å². The zero-order valence-corrected chi connectivity index (χ0v) is 16.5. The van der Waals surface area contributed by atoms with Crippen molar-refractivity contribution in [1.82, 2.24) is 5.16 Å². The van der Waals surface area contributed by atoms with Gasteiger partial charge in [0.2, 0.25) is 5.91 Å². The molecule has 0 unspecified atom stereocenters. The van der Waals surface area contributed by atoms with Crippen molar-refractivity contribution in [2.75, 3.05) is 5.32 Å². The molecule has 29 heavy (non-hydrogen) atoms. The summed E-state index contributed by atoms with van der Waals surface area (Å²) in [5.41, 5.74) is 6.16. The minimum Gasteiger partial charge on any atom is -0.355 e. The molecule has 6 rings (SSSR count). The molecule has 0 bridgehead atoms. The molecule has 142 valence electrons. The molecule has 2 aliphatic rings. The molecule has 0 aliphatic heterocycles. The van der Waals surface area contributed by atoms with Gasteiger partial charge < -0.3 is 9.84 Å². The van der Waals surface area contributed by atoms with Crippen molar-refractivity contribution in [2.45, 2.75) is 24.7 Å². The van der Waals surface area contributed by atoms with Crippen LogP contribution in [0.25, 0.3) is 21.8 Å². The molecular weight excluding hydrogens is 380 g/mol. The van der Waals surface area contributed by atoms with E-state index in [4.69, 9.17) is 4.52 Å². The average Bonchev–Trinajstić information content (AvgIpc) is 3.13. The number of fused-ring (bicyclic) bond motifs is 3. The van der Waals surface area contributed by atoms with Gasteiger partial charge in [0, 0.05) is 11.8 Å². The van der Waals surface area contributed by atoms with Gasteiger partial charge in [-0.05, 0) is 65.1 Å². The van der Waals surface area contributed by atoms with Gasteiger partial charge in [0.05, 0.1) is 16.0 Å². The molecule has 4 aromatic rings. The van der Waals surface area contributed by atoms with Crippen LogP contribution in [-0.2, 0) is 16.6 Å². The molecule has 1 amide bonds. The summed E-state index contributed by atoms with van der Waals surface area (Å²) in [4.78, 5) is 14.1. The van der Waals surface area contributed by atoms with Crippen molar-refractivity contribution >= 4 is 22.9 Å². The molecule has 1 saturated carbocycles. The zero-order valence-electron chi connectivity index (χ0n) is 15.6. The highest BCUT2D eigenvalue weighted by Gasteiger charge is 2.54. The highest BCUT2D eigenvalue weighted by atomic mass is 32.1. The third kappa shape index (κ3) is 2.65. The normalized spacial score (nSPS) is 15.6. The van der Waals surface area contributed by atoms with Gasteiger partial charge in [-0.25, -0.2) is 0 Å². The van der Waals surface area contributed by atoms with Crippen LogP contribution in [0.5, 0.6) is 0 Å². The molecule has 0 atom stereocenters. The zero-order chi connectivity index (χ0) is 19.4. The Morgan fingerprint density at radius 3 is 2.69 bits per heavy atom. The fourth-order valence-electron chi connectivity index (χ4n) is 4.23. The number of anilines is 1. The molecule has 0 spiro atoms. The summed E-state index contributed by atoms with van der Waals surface area (Å²) in [6, 6.07) is 20.6. The van der Waals surface area contributed by atoms with Crippen LogP contribution < -0.4 is 5.32 Å². The first-order valence-corrected chi connectivity index (χ1v) is 10.6. The molecule has 5 heteroatoms. The lowest BCUT2D eigenvalue weighted by Gasteiger charge is -2.13. The Labute approximate surface area is 172 Å². The number of rotatable bonds is 4. The predicted molar refractivity (Wildman–Crippen MR) is 114 cm³/mol. The van der Waals surface area contributed by atoms with Crippen LogP contribution >= 0.6 is 11.3 Å². The van der Waals surface area contributed by atoms with Gasteiger partial charge >= 0.3 is 0 Å². The SMILES string of the molecule is O=C(Nc1ccc2c(c1)Cc1ccccc1-2)C1(c2cc(-c3cccs3)on2)CC1. The van der Waals surface area contributed by atoms with Crippen LogP contribution in [-0.4, -0.2) is 11.1 Å². The highest BCUT2D eigenvalue weighted by molar-refractivity contribution is 7.13. The Balaban J connectivity index is 1.25. The fraction of sp³-hybridized carbons (Fsp3) is 0.167. The number of hydrogen-bond donors (Lipinski definition) is 1. The first kappa shape index (κ1) is 16.7. The Morgan fingerprint density at radius 2 is 1.86 bits per heavy atom. The lowest BCUT2D eigenvalue weighted by Crippen LogP contribution is -2.28. The summed E-state index contributed by atoms with van der Waals surface area (Å²) >= 11 is 1.60. The maximum Gasteiger partial charge on any atom is 0.236 e. The maximum atomic E-state index is 13.1. The molecule has 2 aromatic carbocycles. The predicted octanol–water partition coefficient (Wildman–Crippen LogP) is 5.64. The van der Waals surface area contributed by atoms with Crippen LogP contribution in [0.1, 0.15) is 29.7 Å². The minimum atomic E-state index is -0.568. The summed E-state index contributed by atoms with van der Waals surface area (Å²) in [6.45, 7) is 0. The number of benzene rings is 2. The third-order valence-corrected chi connectivity index (χ3v) is 6.89. The number of aromatic nitrogens is 1. The monoisotopic (exact) mass is 398 g/mol. The highest BCUT2D eigenvalue weighted by Crippen LogP contribution is 2.49. The van der Waals surface area contributed by atoms with Gasteiger partial charge in [-0.15, -0.1) is 11.3 Å². The van der Waals surface area contributed by atoms with E-state index in [-0.39, 0.29) is 5.91 Å². The summed E-state index contributed by atoms with van der Waals surface area (Å²) in [6.07, 6.45) is 2.51. The van der Waals surface area contributed by atoms with E-state index in [1.165, 1.54) is 22.3 Å². The molecule has 0 radical (unpaired) electrons. The van der Waals surface area contributed by atoms with E-state index in [2.05, 4.69) is 46.9 Å². The standard InChI is InChI=1S/C24H18N2O2S/c27-23(24(9-10-24)22-14-20(28-26-22)21-6-3-11-29-21)25-17-7-8-19-16(13-17)12-15-4-1-2-5-18(15)19/h1-8,11,13-14H,9-10,12H2,(H,25,27). The van der Waals surface area contributed by atoms with Crippen molar-refractivity contribution in [3.05, 3.63) is 82.9 Å². The summed E-state index contributed by atoms with van der Waals surface area (Å²) in [5.74, 6) is 0.725. The number of hydrogen-bond acceptors (Lipinski definition) is 4. The Hall–Kier alpha value is -3.18. The molecule has 2 aromatic heterocycles. The molecule has 2 aliphatic carbocycles. The van der Waals surface area contributed by atoms with Gasteiger partial charge in [-0.1, -0.05) is 41.6 Å². The molecule has 0 saturated heterocycles. The number of carbonyl (C=O) groups excluding carboxylic acids is 1. The molecular formula is C24H18N2O2S. The number of thiophene rings is 1. The second-order valence-electron chi connectivity index (χ2n) is 7.80. The summed E-state index contributed by atoms with van der Waals surface area (Å²) in [5, 5.41) is 9.35.